The van der Waals surface area contributed by atoms with Crippen molar-refractivity contribution in [3.63, 3.8) is 0 Å². The van der Waals surface area contributed by atoms with Gasteiger partial charge in [0.15, 0.2) is 11.6 Å². The fourth-order valence-corrected chi connectivity index (χ4v) is 5.10. The SMILES string of the molecule is CC(C)Cc1nc(CN2CCN(Cc3noc(CC(C)C)n3)C3(CCCCC3)C2)no1. The first-order chi connectivity index (χ1) is 14.9. The maximum atomic E-state index is 5.50. The first-order valence-electron chi connectivity index (χ1n) is 12.0. The highest BCUT2D eigenvalue weighted by molar-refractivity contribution is 5.02. The molecule has 172 valence electrons. The van der Waals surface area contributed by atoms with E-state index < -0.39 is 0 Å². The van der Waals surface area contributed by atoms with Gasteiger partial charge in [-0.2, -0.15) is 9.97 Å². The van der Waals surface area contributed by atoms with Gasteiger partial charge in [-0.1, -0.05) is 57.3 Å². The largest absolute Gasteiger partial charge is 0.339 e. The lowest BCUT2D eigenvalue weighted by Gasteiger charge is -2.52. The molecule has 0 bridgehead atoms. The summed E-state index contributed by atoms with van der Waals surface area (Å²) < 4.78 is 11.0. The zero-order valence-electron chi connectivity index (χ0n) is 19.6. The van der Waals surface area contributed by atoms with Crippen molar-refractivity contribution in [2.24, 2.45) is 11.8 Å². The van der Waals surface area contributed by atoms with Crippen LogP contribution in [-0.2, 0) is 25.9 Å². The normalized spacial score (nSPS) is 20.3. The van der Waals surface area contributed by atoms with E-state index in [1.54, 1.807) is 0 Å². The number of aromatic nitrogens is 4. The van der Waals surface area contributed by atoms with Crippen molar-refractivity contribution < 1.29 is 9.05 Å². The summed E-state index contributed by atoms with van der Waals surface area (Å²) in [5.74, 6) is 4.19. The molecule has 0 atom stereocenters. The minimum Gasteiger partial charge on any atom is -0.339 e. The van der Waals surface area contributed by atoms with Gasteiger partial charge in [-0.05, 0) is 24.7 Å². The van der Waals surface area contributed by atoms with Crippen LogP contribution in [0.25, 0.3) is 0 Å². The van der Waals surface area contributed by atoms with Gasteiger partial charge in [0.25, 0.3) is 0 Å². The molecule has 1 saturated heterocycles. The molecular weight excluding hydrogens is 392 g/mol. The fraction of sp³-hybridized carbons (Fsp3) is 0.826. The number of rotatable bonds is 8. The summed E-state index contributed by atoms with van der Waals surface area (Å²) in [6.45, 7) is 13.3. The number of hydrogen-bond donors (Lipinski definition) is 0. The topological polar surface area (TPSA) is 84.3 Å². The third-order valence-electron chi connectivity index (χ3n) is 6.54. The Morgan fingerprint density at radius 2 is 1.39 bits per heavy atom. The molecule has 2 fully saturated rings. The minimum absolute atomic E-state index is 0.180. The van der Waals surface area contributed by atoms with Crippen molar-refractivity contribution in [2.75, 3.05) is 19.6 Å². The molecule has 2 aromatic heterocycles. The molecule has 4 rings (SSSR count). The lowest BCUT2D eigenvalue weighted by Crippen LogP contribution is -2.62. The van der Waals surface area contributed by atoms with E-state index in [4.69, 9.17) is 9.05 Å². The Balaban J connectivity index is 1.42. The first-order valence-corrected chi connectivity index (χ1v) is 12.0. The van der Waals surface area contributed by atoms with E-state index in [2.05, 4.69) is 57.8 Å². The Kier molecular flexibility index (Phi) is 7.06. The highest BCUT2D eigenvalue weighted by Crippen LogP contribution is 2.37. The number of piperazine rings is 1. The minimum atomic E-state index is 0.180. The summed E-state index contributed by atoms with van der Waals surface area (Å²) in [5, 5.41) is 8.52. The fourth-order valence-electron chi connectivity index (χ4n) is 5.10. The summed E-state index contributed by atoms with van der Waals surface area (Å²) in [7, 11) is 0. The van der Waals surface area contributed by atoms with E-state index in [-0.39, 0.29) is 5.54 Å². The van der Waals surface area contributed by atoms with Crippen LogP contribution in [0, 0.1) is 11.8 Å². The Morgan fingerprint density at radius 1 is 0.806 bits per heavy atom. The molecule has 3 heterocycles. The molecule has 2 aliphatic rings. The Hall–Kier alpha value is -1.80. The average molecular weight is 431 g/mol. The predicted octanol–water partition coefficient (Wildman–Crippen LogP) is 3.87. The van der Waals surface area contributed by atoms with Crippen LogP contribution in [0.2, 0.25) is 0 Å². The van der Waals surface area contributed by atoms with E-state index in [1.165, 1.54) is 32.1 Å². The van der Waals surface area contributed by atoms with E-state index in [1.807, 2.05) is 0 Å². The van der Waals surface area contributed by atoms with Crippen LogP contribution < -0.4 is 0 Å². The highest BCUT2D eigenvalue weighted by atomic mass is 16.5. The maximum absolute atomic E-state index is 5.50. The molecular formula is C23H38N6O2. The quantitative estimate of drug-likeness (QED) is 0.624. The summed E-state index contributed by atoms with van der Waals surface area (Å²) >= 11 is 0. The van der Waals surface area contributed by atoms with Crippen LogP contribution in [0.5, 0.6) is 0 Å². The lowest BCUT2D eigenvalue weighted by atomic mass is 9.78. The van der Waals surface area contributed by atoms with Gasteiger partial charge in [0.05, 0.1) is 13.1 Å². The zero-order valence-corrected chi connectivity index (χ0v) is 19.6. The van der Waals surface area contributed by atoms with E-state index in [0.29, 0.717) is 11.8 Å². The average Bonchev–Trinajstić information content (AvgIpc) is 3.33. The van der Waals surface area contributed by atoms with Crippen molar-refractivity contribution >= 4 is 0 Å². The summed E-state index contributed by atoms with van der Waals surface area (Å²) in [6, 6.07) is 0. The smallest absolute Gasteiger partial charge is 0.226 e. The monoisotopic (exact) mass is 430 g/mol. The van der Waals surface area contributed by atoms with Gasteiger partial charge in [0.2, 0.25) is 11.8 Å². The van der Waals surface area contributed by atoms with Crippen LogP contribution in [0.4, 0.5) is 0 Å². The van der Waals surface area contributed by atoms with Gasteiger partial charge in [0, 0.05) is 38.0 Å². The third-order valence-corrected chi connectivity index (χ3v) is 6.54. The van der Waals surface area contributed by atoms with Gasteiger partial charge in [-0.15, -0.1) is 0 Å². The molecule has 8 nitrogen and oxygen atoms in total. The van der Waals surface area contributed by atoms with Crippen LogP contribution in [0.1, 0.15) is 83.2 Å². The Labute approximate surface area is 185 Å². The van der Waals surface area contributed by atoms with Gasteiger partial charge in [-0.25, -0.2) is 0 Å². The standard InChI is InChI=1S/C23H38N6O2/c1-17(2)12-21-24-19(26-30-21)14-28-10-11-29(23(16-28)8-6-5-7-9-23)15-20-25-22(31-27-20)13-18(3)4/h17-18H,5-16H2,1-4H3. The molecule has 0 N–H and O–H groups in total. The van der Waals surface area contributed by atoms with Crippen LogP contribution in [0.3, 0.4) is 0 Å². The molecule has 0 radical (unpaired) electrons. The summed E-state index contributed by atoms with van der Waals surface area (Å²) in [5.41, 5.74) is 0.180. The van der Waals surface area contributed by atoms with Gasteiger partial charge in [0.1, 0.15) is 0 Å². The second-order valence-electron chi connectivity index (χ2n) is 10.3. The van der Waals surface area contributed by atoms with E-state index >= 15 is 0 Å². The predicted molar refractivity (Wildman–Crippen MR) is 117 cm³/mol. The molecule has 31 heavy (non-hydrogen) atoms. The number of nitrogens with zero attached hydrogens (tertiary/aromatic N) is 6. The lowest BCUT2D eigenvalue weighted by molar-refractivity contribution is -0.0375. The first kappa shape index (κ1) is 22.4. The molecule has 1 saturated carbocycles. The second kappa shape index (κ2) is 9.77. The zero-order chi connectivity index (χ0) is 21.8. The number of hydrogen-bond acceptors (Lipinski definition) is 8. The van der Waals surface area contributed by atoms with Gasteiger partial charge in [-0.3, -0.25) is 9.80 Å². The molecule has 1 spiro atoms. The summed E-state index contributed by atoms with van der Waals surface area (Å²) in [6.07, 6.45) is 8.05. The highest BCUT2D eigenvalue weighted by Gasteiger charge is 2.43. The molecule has 8 heteroatoms. The second-order valence-corrected chi connectivity index (χ2v) is 10.3. The van der Waals surface area contributed by atoms with E-state index in [0.717, 1.165) is 69.0 Å². The van der Waals surface area contributed by atoms with Crippen LogP contribution >= 0.6 is 0 Å². The Morgan fingerprint density at radius 3 is 1.97 bits per heavy atom. The van der Waals surface area contributed by atoms with Crippen molar-refractivity contribution in [3.8, 4) is 0 Å². The van der Waals surface area contributed by atoms with Gasteiger partial charge < -0.3 is 9.05 Å². The molecule has 1 aliphatic carbocycles. The molecule has 0 aromatic carbocycles. The van der Waals surface area contributed by atoms with Crippen molar-refractivity contribution in [3.05, 3.63) is 23.4 Å². The molecule has 0 amide bonds. The van der Waals surface area contributed by atoms with E-state index in [9.17, 15) is 0 Å². The molecule has 2 aromatic rings. The maximum Gasteiger partial charge on any atom is 0.226 e. The van der Waals surface area contributed by atoms with Gasteiger partial charge >= 0.3 is 0 Å². The van der Waals surface area contributed by atoms with Crippen LogP contribution in [0.15, 0.2) is 9.05 Å². The molecule has 1 aliphatic heterocycles. The van der Waals surface area contributed by atoms with Crippen molar-refractivity contribution in [1.29, 1.82) is 0 Å². The van der Waals surface area contributed by atoms with Crippen molar-refractivity contribution in [1.82, 2.24) is 30.1 Å². The van der Waals surface area contributed by atoms with Crippen LogP contribution in [-0.4, -0.2) is 55.3 Å². The Bertz CT molecular complexity index is 824. The molecule has 0 unspecified atom stereocenters. The van der Waals surface area contributed by atoms with Crippen molar-refractivity contribution in [2.45, 2.75) is 91.3 Å². The third kappa shape index (κ3) is 5.71. The summed E-state index contributed by atoms with van der Waals surface area (Å²) in [4.78, 5) is 14.4.